The van der Waals surface area contributed by atoms with Gasteiger partial charge >= 0.3 is 12.0 Å². The van der Waals surface area contributed by atoms with Crippen molar-refractivity contribution in [1.82, 2.24) is 15.5 Å². The quantitative estimate of drug-likeness (QED) is 0.706. The van der Waals surface area contributed by atoms with Crippen LogP contribution < -0.4 is 10.6 Å². The van der Waals surface area contributed by atoms with Gasteiger partial charge in [0.25, 0.3) is 0 Å². The lowest BCUT2D eigenvalue weighted by atomic mass is 10.1. The SMILES string of the molecule is CNCCN(C)C(=O)NC(C(=O)O)c1ccccc1. The lowest BCUT2D eigenvalue weighted by Crippen LogP contribution is -2.43. The molecule has 1 aromatic rings. The summed E-state index contributed by atoms with van der Waals surface area (Å²) in [7, 11) is 3.41. The van der Waals surface area contributed by atoms with E-state index in [9.17, 15) is 14.7 Å². The molecular weight excluding hydrogens is 246 g/mol. The van der Waals surface area contributed by atoms with E-state index in [0.717, 1.165) is 0 Å². The molecule has 1 unspecified atom stereocenters. The van der Waals surface area contributed by atoms with Crippen molar-refractivity contribution in [3.8, 4) is 0 Å². The van der Waals surface area contributed by atoms with E-state index in [4.69, 9.17) is 0 Å². The molecule has 0 saturated carbocycles. The number of carboxylic acid groups (broad SMARTS) is 1. The van der Waals surface area contributed by atoms with Gasteiger partial charge in [0.05, 0.1) is 0 Å². The van der Waals surface area contributed by atoms with Crippen LogP contribution in [0.3, 0.4) is 0 Å². The predicted octanol–water partition coefficient (Wildman–Crippen LogP) is 0.673. The maximum Gasteiger partial charge on any atom is 0.330 e. The summed E-state index contributed by atoms with van der Waals surface area (Å²) in [6.45, 7) is 1.15. The molecule has 0 heterocycles. The largest absolute Gasteiger partial charge is 0.479 e. The van der Waals surface area contributed by atoms with Gasteiger partial charge in [0.2, 0.25) is 0 Å². The highest BCUT2D eigenvalue weighted by atomic mass is 16.4. The number of carbonyl (C=O) groups is 2. The van der Waals surface area contributed by atoms with Crippen molar-refractivity contribution in [2.24, 2.45) is 0 Å². The first-order chi connectivity index (χ1) is 9.06. The third-order valence-corrected chi connectivity index (χ3v) is 2.69. The second-order valence-corrected chi connectivity index (χ2v) is 4.16. The Morgan fingerprint density at radius 1 is 1.32 bits per heavy atom. The molecule has 0 bridgehead atoms. The first kappa shape index (κ1) is 15.0. The molecule has 19 heavy (non-hydrogen) atoms. The molecule has 0 spiro atoms. The van der Waals surface area contributed by atoms with Gasteiger partial charge in [-0.05, 0) is 12.6 Å². The van der Waals surface area contributed by atoms with Crippen LogP contribution in [0, 0.1) is 0 Å². The van der Waals surface area contributed by atoms with Crippen molar-refractivity contribution in [3.63, 3.8) is 0 Å². The van der Waals surface area contributed by atoms with Gasteiger partial charge in [-0.15, -0.1) is 0 Å². The lowest BCUT2D eigenvalue weighted by Gasteiger charge is -2.21. The molecule has 6 heteroatoms. The zero-order chi connectivity index (χ0) is 14.3. The van der Waals surface area contributed by atoms with Crippen molar-refractivity contribution >= 4 is 12.0 Å². The third kappa shape index (κ3) is 4.59. The van der Waals surface area contributed by atoms with E-state index in [1.165, 1.54) is 4.90 Å². The number of rotatable bonds is 6. The highest BCUT2D eigenvalue weighted by molar-refractivity contribution is 5.83. The lowest BCUT2D eigenvalue weighted by molar-refractivity contribution is -0.139. The standard InChI is InChI=1S/C13H19N3O3/c1-14-8-9-16(2)13(19)15-11(12(17)18)10-6-4-3-5-7-10/h3-7,11,14H,8-9H2,1-2H3,(H,15,19)(H,17,18). The van der Waals surface area contributed by atoms with Crippen molar-refractivity contribution in [2.75, 3.05) is 27.2 Å². The van der Waals surface area contributed by atoms with E-state index in [1.54, 1.807) is 44.4 Å². The Hall–Kier alpha value is -2.08. The Bertz CT molecular complexity index is 422. The average molecular weight is 265 g/mol. The van der Waals surface area contributed by atoms with Crippen LogP contribution in [0.4, 0.5) is 4.79 Å². The molecule has 6 nitrogen and oxygen atoms in total. The number of urea groups is 1. The number of likely N-dealkylation sites (N-methyl/N-ethyl adjacent to an activating group) is 2. The van der Waals surface area contributed by atoms with E-state index < -0.39 is 18.0 Å². The highest BCUT2D eigenvalue weighted by Crippen LogP contribution is 2.12. The number of hydrogen-bond acceptors (Lipinski definition) is 3. The molecule has 0 fully saturated rings. The third-order valence-electron chi connectivity index (χ3n) is 2.69. The van der Waals surface area contributed by atoms with Gasteiger partial charge in [0, 0.05) is 20.1 Å². The molecule has 1 rings (SSSR count). The van der Waals surface area contributed by atoms with E-state index in [1.807, 2.05) is 0 Å². The molecule has 0 aromatic heterocycles. The minimum atomic E-state index is -1.08. The number of nitrogens with one attached hydrogen (secondary N) is 2. The summed E-state index contributed by atoms with van der Waals surface area (Å²) in [4.78, 5) is 24.5. The number of carboxylic acids is 1. The summed E-state index contributed by atoms with van der Waals surface area (Å²) < 4.78 is 0. The number of carbonyl (C=O) groups excluding carboxylic acids is 1. The Morgan fingerprint density at radius 3 is 2.47 bits per heavy atom. The fourth-order valence-electron chi connectivity index (χ4n) is 1.55. The summed E-state index contributed by atoms with van der Waals surface area (Å²) in [5.74, 6) is -1.08. The number of benzene rings is 1. The van der Waals surface area contributed by atoms with Crippen LogP contribution in [0.15, 0.2) is 30.3 Å². The van der Waals surface area contributed by atoms with E-state index in [-0.39, 0.29) is 0 Å². The van der Waals surface area contributed by atoms with Crippen molar-refractivity contribution in [3.05, 3.63) is 35.9 Å². The van der Waals surface area contributed by atoms with Crippen LogP contribution in [-0.4, -0.2) is 49.2 Å². The summed E-state index contributed by atoms with van der Waals surface area (Å²) in [5, 5.41) is 14.6. The zero-order valence-corrected chi connectivity index (χ0v) is 11.1. The topological polar surface area (TPSA) is 81.7 Å². The second kappa shape index (κ2) is 7.38. The zero-order valence-electron chi connectivity index (χ0n) is 11.1. The van der Waals surface area contributed by atoms with Gasteiger partial charge < -0.3 is 20.6 Å². The average Bonchev–Trinajstić information content (AvgIpc) is 2.42. The van der Waals surface area contributed by atoms with Crippen molar-refractivity contribution in [2.45, 2.75) is 6.04 Å². The molecule has 104 valence electrons. The number of aliphatic carboxylic acids is 1. The number of amides is 2. The molecule has 1 atom stereocenters. The monoisotopic (exact) mass is 265 g/mol. The van der Waals surface area contributed by atoms with Crippen LogP contribution in [0.25, 0.3) is 0 Å². The molecule has 3 N–H and O–H groups in total. The molecule has 0 saturated heterocycles. The van der Waals surface area contributed by atoms with Gasteiger partial charge in [-0.2, -0.15) is 0 Å². The summed E-state index contributed by atoms with van der Waals surface area (Å²) >= 11 is 0. The van der Waals surface area contributed by atoms with Gasteiger partial charge in [-0.3, -0.25) is 0 Å². The maximum atomic E-state index is 11.9. The Balaban J connectivity index is 2.70. The normalized spacial score (nSPS) is 11.7. The minimum absolute atomic E-state index is 0.411. The van der Waals surface area contributed by atoms with E-state index in [2.05, 4.69) is 10.6 Å². The molecule has 0 aliphatic heterocycles. The summed E-state index contributed by atoms with van der Waals surface area (Å²) in [6.07, 6.45) is 0. The second-order valence-electron chi connectivity index (χ2n) is 4.16. The Labute approximate surface area is 112 Å². The van der Waals surface area contributed by atoms with Crippen LogP contribution in [-0.2, 0) is 4.79 Å². The smallest absolute Gasteiger partial charge is 0.330 e. The molecule has 0 aliphatic rings. The Kier molecular flexibility index (Phi) is 5.81. The van der Waals surface area contributed by atoms with Crippen molar-refractivity contribution in [1.29, 1.82) is 0 Å². The van der Waals surface area contributed by atoms with Crippen LogP contribution in [0.5, 0.6) is 0 Å². The van der Waals surface area contributed by atoms with Crippen LogP contribution >= 0.6 is 0 Å². The van der Waals surface area contributed by atoms with Gasteiger partial charge in [-0.1, -0.05) is 30.3 Å². The number of hydrogen-bond donors (Lipinski definition) is 3. The van der Waals surface area contributed by atoms with Crippen LogP contribution in [0.1, 0.15) is 11.6 Å². The fourth-order valence-corrected chi connectivity index (χ4v) is 1.55. The molecule has 2 amide bonds. The minimum Gasteiger partial charge on any atom is -0.479 e. The first-order valence-corrected chi connectivity index (χ1v) is 6.00. The van der Waals surface area contributed by atoms with Crippen LogP contribution in [0.2, 0.25) is 0 Å². The maximum absolute atomic E-state index is 11.9. The first-order valence-electron chi connectivity index (χ1n) is 6.00. The van der Waals surface area contributed by atoms with E-state index in [0.29, 0.717) is 18.7 Å². The molecular formula is C13H19N3O3. The van der Waals surface area contributed by atoms with Gasteiger partial charge in [0.15, 0.2) is 6.04 Å². The van der Waals surface area contributed by atoms with Gasteiger partial charge in [-0.25, -0.2) is 9.59 Å². The molecule has 0 radical (unpaired) electrons. The fraction of sp³-hybridized carbons (Fsp3) is 0.385. The summed E-state index contributed by atoms with van der Waals surface area (Å²) in [6, 6.07) is 7.17. The van der Waals surface area contributed by atoms with E-state index >= 15 is 0 Å². The molecule has 0 aliphatic carbocycles. The molecule has 1 aromatic carbocycles. The van der Waals surface area contributed by atoms with Gasteiger partial charge in [0.1, 0.15) is 0 Å². The number of nitrogens with zero attached hydrogens (tertiary/aromatic N) is 1. The Morgan fingerprint density at radius 2 is 1.95 bits per heavy atom. The predicted molar refractivity (Wildman–Crippen MR) is 71.9 cm³/mol. The highest BCUT2D eigenvalue weighted by Gasteiger charge is 2.23. The summed E-state index contributed by atoms with van der Waals surface area (Å²) in [5.41, 5.74) is 0.547. The van der Waals surface area contributed by atoms with Crippen molar-refractivity contribution < 1.29 is 14.7 Å².